The van der Waals surface area contributed by atoms with E-state index in [2.05, 4.69) is 5.32 Å². The van der Waals surface area contributed by atoms with Crippen molar-refractivity contribution in [2.45, 2.75) is 25.8 Å². The summed E-state index contributed by atoms with van der Waals surface area (Å²) >= 11 is 0. The first-order chi connectivity index (χ1) is 9.04. The Kier molecular flexibility index (Phi) is 6.21. The lowest BCUT2D eigenvalue weighted by atomic mass is 10.2. The molecule has 1 unspecified atom stereocenters. The largest absolute Gasteiger partial charge is 0.490 e. The molecule has 0 aliphatic carbocycles. The van der Waals surface area contributed by atoms with Gasteiger partial charge >= 0.3 is 5.97 Å². The average molecular weight is 273 g/mol. The smallest absolute Gasteiger partial charge is 0.320 e. The SMILES string of the molecule is CCCNC(CCOc1cc(F)ccc1F)C(=O)O. The maximum atomic E-state index is 13.2. The number of carboxylic acids is 1. The van der Waals surface area contributed by atoms with Crippen LogP contribution in [0.2, 0.25) is 0 Å². The number of carboxylic acid groups (broad SMARTS) is 1. The van der Waals surface area contributed by atoms with Gasteiger partial charge in [-0.3, -0.25) is 4.79 Å². The van der Waals surface area contributed by atoms with Crippen LogP contribution in [0.5, 0.6) is 5.75 Å². The molecular weight excluding hydrogens is 256 g/mol. The van der Waals surface area contributed by atoms with Crippen molar-refractivity contribution in [1.82, 2.24) is 5.32 Å². The molecule has 0 saturated carbocycles. The number of hydrogen-bond donors (Lipinski definition) is 2. The Balaban J connectivity index is 2.47. The predicted molar refractivity (Wildman–Crippen MR) is 66.2 cm³/mol. The molecule has 1 aromatic carbocycles. The molecule has 4 nitrogen and oxygen atoms in total. The topological polar surface area (TPSA) is 58.6 Å². The van der Waals surface area contributed by atoms with Crippen molar-refractivity contribution in [2.24, 2.45) is 0 Å². The first kappa shape index (κ1) is 15.4. The van der Waals surface area contributed by atoms with Crippen LogP contribution in [0.25, 0.3) is 0 Å². The molecule has 1 atom stereocenters. The van der Waals surface area contributed by atoms with Gasteiger partial charge in [0, 0.05) is 12.5 Å². The zero-order valence-electron chi connectivity index (χ0n) is 10.7. The van der Waals surface area contributed by atoms with Gasteiger partial charge in [0.25, 0.3) is 0 Å². The van der Waals surface area contributed by atoms with E-state index in [0.717, 1.165) is 24.6 Å². The van der Waals surface area contributed by atoms with E-state index >= 15 is 0 Å². The second-order valence-electron chi connectivity index (χ2n) is 4.06. The van der Waals surface area contributed by atoms with E-state index in [0.29, 0.717) is 6.54 Å². The number of nitrogens with one attached hydrogen (secondary N) is 1. The molecule has 0 aliphatic heterocycles. The molecule has 0 saturated heterocycles. The summed E-state index contributed by atoms with van der Waals surface area (Å²) in [7, 11) is 0. The monoisotopic (exact) mass is 273 g/mol. The summed E-state index contributed by atoms with van der Waals surface area (Å²) in [5, 5.41) is 11.8. The van der Waals surface area contributed by atoms with E-state index in [1.165, 1.54) is 0 Å². The first-order valence-corrected chi connectivity index (χ1v) is 6.08. The van der Waals surface area contributed by atoms with Crippen LogP contribution < -0.4 is 10.1 Å². The zero-order chi connectivity index (χ0) is 14.3. The molecule has 0 heterocycles. The van der Waals surface area contributed by atoms with Crippen molar-refractivity contribution in [3.63, 3.8) is 0 Å². The highest BCUT2D eigenvalue weighted by Gasteiger charge is 2.16. The van der Waals surface area contributed by atoms with Gasteiger partial charge in [0.15, 0.2) is 11.6 Å². The Bertz CT molecular complexity index is 426. The molecule has 6 heteroatoms. The minimum absolute atomic E-state index is 0.00590. The third-order valence-corrected chi connectivity index (χ3v) is 2.50. The van der Waals surface area contributed by atoms with Crippen LogP contribution in [-0.4, -0.2) is 30.3 Å². The molecule has 1 aromatic rings. The second-order valence-corrected chi connectivity index (χ2v) is 4.06. The number of benzene rings is 1. The van der Waals surface area contributed by atoms with Crippen LogP contribution in [0.1, 0.15) is 19.8 Å². The standard InChI is InChI=1S/C13H17F2NO3/c1-2-6-16-11(13(17)18)5-7-19-12-8-9(14)3-4-10(12)15/h3-4,8,11,16H,2,5-7H2,1H3,(H,17,18). The van der Waals surface area contributed by atoms with Crippen LogP contribution in [0.15, 0.2) is 18.2 Å². The third-order valence-electron chi connectivity index (χ3n) is 2.50. The molecule has 0 radical (unpaired) electrons. The average Bonchev–Trinajstić information content (AvgIpc) is 2.37. The van der Waals surface area contributed by atoms with Crippen molar-refractivity contribution >= 4 is 5.97 Å². The molecule has 0 aromatic heterocycles. The van der Waals surface area contributed by atoms with Crippen molar-refractivity contribution in [1.29, 1.82) is 0 Å². The van der Waals surface area contributed by atoms with Crippen LogP contribution in [0.4, 0.5) is 8.78 Å². The fourth-order valence-electron chi connectivity index (χ4n) is 1.51. The summed E-state index contributed by atoms with van der Waals surface area (Å²) in [6.07, 6.45) is 0.981. The zero-order valence-corrected chi connectivity index (χ0v) is 10.7. The third kappa shape index (κ3) is 5.21. The second kappa shape index (κ2) is 7.68. The molecular formula is C13H17F2NO3. The van der Waals surface area contributed by atoms with Crippen molar-refractivity contribution in [3.05, 3.63) is 29.8 Å². The fraction of sp³-hybridized carbons (Fsp3) is 0.462. The summed E-state index contributed by atoms with van der Waals surface area (Å²) in [5.41, 5.74) is 0. The molecule has 0 amide bonds. The van der Waals surface area contributed by atoms with Crippen LogP contribution in [-0.2, 0) is 4.79 Å². The number of aliphatic carboxylic acids is 1. The summed E-state index contributed by atoms with van der Waals surface area (Å²) in [4.78, 5) is 10.9. The maximum absolute atomic E-state index is 13.2. The van der Waals surface area contributed by atoms with Crippen molar-refractivity contribution < 1.29 is 23.4 Å². The van der Waals surface area contributed by atoms with Crippen LogP contribution in [0, 0.1) is 11.6 Å². The van der Waals surface area contributed by atoms with Crippen LogP contribution >= 0.6 is 0 Å². The Hall–Kier alpha value is -1.69. The van der Waals surface area contributed by atoms with Crippen LogP contribution in [0.3, 0.4) is 0 Å². The Morgan fingerprint density at radius 2 is 2.21 bits per heavy atom. The molecule has 1 rings (SSSR count). The highest BCUT2D eigenvalue weighted by molar-refractivity contribution is 5.73. The molecule has 106 valence electrons. The molecule has 0 bridgehead atoms. The van der Waals surface area contributed by atoms with Gasteiger partial charge in [0.1, 0.15) is 11.9 Å². The van der Waals surface area contributed by atoms with Gasteiger partial charge in [0.2, 0.25) is 0 Å². The Morgan fingerprint density at radius 3 is 2.84 bits per heavy atom. The quantitative estimate of drug-likeness (QED) is 0.762. The van der Waals surface area contributed by atoms with E-state index in [-0.39, 0.29) is 18.8 Å². The van der Waals surface area contributed by atoms with Crippen molar-refractivity contribution in [3.8, 4) is 5.75 Å². The lowest BCUT2D eigenvalue weighted by molar-refractivity contribution is -0.139. The number of halogens is 2. The van der Waals surface area contributed by atoms with Gasteiger partial charge in [-0.25, -0.2) is 8.78 Å². The Morgan fingerprint density at radius 1 is 1.47 bits per heavy atom. The van der Waals surface area contributed by atoms with Gasteiger partial charge in [-0.1, -0.05) is 6.92 Å². The summed E-state index contributed by atoms with van der Waals surface area (Å²) in [5.74, 6) is -2.47. The van der Waals surface area contributed by atoms with Gasteiger partial charge in [-0.2, -0.15) is 0 Å². The molecule has 0 aliphatic rings. The van der Waals surface area contributed by atoms with E-state index in [1.807, 2.05) is 6.92 Å². The highest BCUT2D eigenvalue weighted by Crippen LogP contribution is 2.18. The fourth-order valence-corrected chi connectivity index (χ4v) is 1.51. The highest BCUT2D eigenvalue weighted by atomic mass is 19.1. The molecule has 19 heavy (non-hydrogen) atoms. The van der Waals surface area contributed by atoms with E-state index in [9.17, 15) is 13.6 Å². The number of rotatable bonds is 8. The first-order valence-electron chi connectivity index (χ1n) is 6.08. The van der Waals surface area contributed by atoms with Gasteiger partial charge < -0.3 is 15.2 Å². The maximum Gasteiger partial charge on any atom is 0.320 e. The summed E-state index contributed by atoms with van der Waals surface area (Å²) in [6, 6.07) is 2.14. The van der Waals surface area contributed by atoms with Gasteiger partial charge in [-0.15, -0.1) is 0 Å². The molecule has 0 spiro atoms. The van der Waals surface area contributed by atoms with Gasteiger partial charge in [-0.05, 0) is 25.1 Å². The van der Waals surface area contributed by atoms with E-state index < -0.39 is 23.6 Å². The lowest BCUT2D eigenvalue weighted by Crippen LogP contribution is -2.38. The molecule has 2 N–H and O–H groups in total. The molecule has 0 fully saturated rings. The number of carbonyl (C=O) groups is 1. The minimum atomic E-state index is -0.989. The van der Waals surface area contributed by atoms with E-state index in [4.69, 9.17) is 9.84 Å². The summed E-state index contributed by atoms with van der Waals surface area (Å²) in [6.45, 7) is 2.49. The number of hydrogen-bond acceptors (Lipinski definition) is 3. The normalized spacial score (nSPS) is 12.2. The van der Waals surface area contributed by atoms with Gasteiger partial charge in [0.05, 0.1) is 6.61 Å². The van der Waals surface area contributed by atoms with E-state index in [1.54, 1.807) is 0 Å². The Labute approximate surface area is 110 Å². The minimum Gasteiger partial charge on any atom is -0.490 e. The number of ether oxygens (including phenoxy) is 1. The lowest BCUT2D eigenvalue weighted by Gasteiger charge is -2.14. The van der Waals surface area contributed by atoms with Crippen molar-refractivity contribution in [2.75, 3.05) is 13.2 Å². The predicted octanol–water partition coefficient (Wildman–Crippen LogP) is 2.19. The summed E-state index contributed by atoms with van der Waals surface area (Å²) < 4.78 is 31.2.